The standard InChI is InChI=1S/C10H17NO2Se/c1-9(2)7-5-6-10(9,3)8(11(7)4)14(12)13/h7H,5-6H2,1-4H3. The number of hydrogen-bond acceptors (Lipinski definition) is 2. The third-order valence-electron chi connectivity index (χ3n) is 4.59. The molecule has 1 aliphatic heterocycles. The van der Waals surface area contributed by atoms with Gasteiger partial charge in [0.15, 0.2) is 0 Å². The minimum atomic E-state index is -3.00. The first-order chi connectivity index (χ1) is 6.32. The molecule has 0 aromatic carbocycles. The Balaban J connectivity index is 2.60. The molecule has 2 bridgehead atoms. The molecule has 0 spiro atoms. The average molecular weight is 262 g/mol. The molecule has 4 heteroatoms. The van der Waals surface area contributed by atoms with Crippen LogP contribution in [0.1, 0.15) is 33.6 Å². The normalized spacial score (nSPS) is 41.9. The summed E-state index contributed by atoms with van der Waals surface area (Å²) in [4.78, 5) is 0. The van der Waals surface area contributed by atoms with Gasteiger partial charge in [0.1, 0.15) is 0 Å². The number of hydrogen-bond donors (Lipinski definition) is 0. The molecule has 1 aliphatic carbocycles. The van der Waals surface area contributed by atoms with Crippen molar-refractivity contribution < 1.29 is 12.6 Å². The van der Waals surface area contributed by atoms with Gasteiger partial charge in [0.05, 0.1) is 0 Å². The van der Waals surface area contributed by atoms with Crippen LogP contribution in [0.25, 0.3) is 0 Å². The fourth-order valence-electron chi connectivity index (χ4n) is 3.37. The zero-order valence-corrected chi connectivity index (χ0v) is 10.9. The monoisotopic (exact) mass is 263 g/mol. The Morgan fingerprint density at radius 1 is 1.50 bits per heavy atom. The molecule has 1 fully saturated rings. The van der Waals surface area contributed by atoms with E-state index in [1.165, 1.54) is 0 Å². The van der Waals surface area contributed by atoms with Crippen LogP contribution in [0.5, 0.6) is 0 Å². The van der Waals surface area contributed by atoms with Gasteiger partial charge in [0, 0.05) is 0 Å². The minimum absolute atomic E-state index is 0.105. The zero-order chi connectivity index (χ0) is 10.7. The summed E-state index contributed by atoms with van der Waals surface area (Å²) in [6.07, 6.45) is 2.15. The molecule has 2 aliphatic rings. The molecule has 3 atom stereocenters. The quantitative estimate of drug-likeness (QED) is 0.497. The molecule has 3 unspecified atom stereocenters. The molecular weight excluding hydrogens is 245 g/mol. The summed E-state index contributed by atoms with van der Waals surface area (Å²) in [5.74, 6) is 0. The van der Waals surface area contributed by atoms with Crippen LogP contribution in [0.3, 0.4) is 0 Å². The van der Waals surface area contributed by atoms with Gasteiger partial charge in [-0.2, -0.15) is 0 Å². The predicted octanol–water partition coefficient (Wildman–Crippen LogP) is 0.0964. The van der Waals surface area contributed by atoms with Gasteiger partial charge in [-0.1, -0.05) is 0 Å². The predicted molar refractivity (Wildman–Crippen MR) is 52.5 cm³/mol. The molecule has 2 rings (SSSR count). The Morgan fingerprint density at radius 3 is 2.36 bits per heavy atom. The van der Waals surface area contributed by atoms with Crippen molar-refractivity contribution in [2.45, 2.75) is 39.7 Å². The van der Waals surface area contributed by atoms with Crippen LogP contribution in [0.4, 0.5) is 0 Å². The second-order valence-corrected chi connectivity index (χ2v) is 7.06. The van der Waals surface area contributed by atoms with Gasteiger partial charge >= 0.3 is 88.9 Å². The molecule has 3 nitrogen and oxygen atoms in total. The van der Waals surface area contributed by atoms with Crippen molar-refractivity contribution in [1.82, 2.24) is 0 Å². The Hall–Kier alpha value is -0.0505. The van der Waals surface area contributed by atoms with E-state index in [1.807, 2.05) is 11.6 Å². The van der Waals surface area contributed by atoms with Crippen LogP contribution in [-0.4, -0.2) is 36.4 Å². The van der Waals surface area contributed by atoms with E-state index in [4.69, 9.17) is 0 Å². The van der Waals surface area contributed by atoms with E-state index in [0.717, 1.165) is 12.8 Å². The maximum absolute atomic E-state index is 11.3. The summed E-state index contributed by atoms with van der Waals surface area (Å²) in [5.41, 5.74) is -0.00572. The van der Waals surface area contributed by atoms with Crippen LogP contribution in [0, 0.1) is 10.8 Å². The Bertz CT molecular complexity index is 348. The zero-order valence-electron chi connectivity index (χ0n) is 9.16. The van der Waals surface area contributed by atoms with E-state index in [2.05, 4.69) is 20.8 Å². The molecule has 0 aromatic heterocycles. The molecule has 14 heavy (non-hydrogen) atoms. The van der Waals surface area contributed by atoms with Gasteiger partial charge in [-0.15, -0.1) is 0 Å². The molecule has 0 amide bonds. The van der Waals surface area contributed by atoms with Crippen molar-refractivity contribution in [3.63, 3.8) is 0 Å². The van der Waals surface area contributed by atoms with E-state index in [0.29, 0.717) is 10.7 Å². The van der Waals surface area contributed by atoms with Crippen molar-refractivity contribution in [3.8, 4) is 0 Å². The second kappa shape index (κ2) is 2.75. The van der Waals surface area contributed by atoms with Gasteiger partial charge in [-0.05, 0) is 0 Å². The fraction of sp³-hybridized carbons (Fsp3) is 0.900. The Morgan fingerprint density at radius 2 is 2.07 bits per heavy atom. The number of nitrogens with zero attached hydrogens (tertiary/aromatic N) is 1. The Labute approximate surface area is 89.2 Å². The molecule has 0 saturated heterocycles. The summed E-state index contributed by atoms with van der Waals surface area (Å²) in [6.45, 7) is 6.50. The molecule has 0 radical (unpaired) electrons. The first-order valence-electron chi connectivity index (χ1n) is 5.02. The summed E-state index contributed by atoms with van der Waals surface area (Å²) < 4.78 is 25.3. The third-order valence-corrected chi connectivity index (χ3v) is 6.80. The number of rotatable bonds is 1. The van der Waals surface area contributed by atoms with Crippen molar-refractivity contribution >= 4 is 18.8 Å². The van der Waals surface area contributed by atoms with Gasteiger partial charge in [0.2, 0.25) is 0 Å². The molecule has 0 aromatic rings. The van der Waals surface area contributed by atoms with Gasteiger partial charge in [-0.25, -0.2) is 0 Å². The van der Waals surface area contributed by atoms with Gasteiger partial charge < -0.3 is 0 Å². The Kier molecular flexibility index (Phi) is 2.05. The fourth-order valence-corrected chi connectivity index (χ4v) is 5.67. The SMILES string of the molecule is C[N+]1=C([Se](=O)[O-])C2(C)CCC1C2(C)C. The summed E-state index contributed by atoms with van der Waals surface area (Å²) in [5, 5.41) is 0. The van der Waals surface area contributed by atoms with Gasteiger partial charge in [0.25, 0.3) is 0 Å². The second-order valence-electron chi connectivity index (χ2n) is 5.26. The topological polar surface area (TPSA) is 43.1 Å². The van der Waals surface area contributed by atoms with Gasteiger partial charge in [-0.3, -0.25) is 0 Å². The molecule has 80 valence electrons. The maximum atomic E-state index is 11.3. The van der Waals surface area contributed by atoms with E-state index in [9.17, 15) is 8.02 Å². The summed E-state index contributed by atoms with van der Waals surface area (Å²) in [7, 11) is 1.93. The average Bonchev–Trinajstić information content (AvgIpc) is 2.30. The van der Waals surface area contributed by atoms with Crippen LogP contribution >= 0.6 is 0 Å². The van der Waals surface area contributed by atoms with Crippen molar-refractivity contribution in [2.24, 2.45) is 10.8 Å². The molecule has 1 saturated carbocycles. The third kappa shape index (κ3) is 0.944. The molecule has 1 heterocycles. The first-order valence-corrected chi connectivity index (χ1v) is 7.27. The van der Waals surface area contributed by atoms with Crippen molar-refractivity contribution in [3.05, 3.63) is 0 Å². The summed E-state index contributed by atoms with van der Waals surface area (Å²) >= 11 is -3.00. The van der Waals surface area contributed by atoms with Crippen LogP contribution in [0.2, 0.25) is 0 Å². The molecule has 0 N–H and O–H groups in total. The van der Waals surface area contributed by atoms with E-state index in [1.54, 1.807) is 0 Å². The van der Waals surface area contributed by atoms with Crippen LogP contribution in [-0.2, 0) is 3.83 Å². The van der Waals surface area contributed by atoms with Crippen LogP contribution in [0.15, 0.2) is 0 Å². The first kappa shape index (κ1) is 10.5. The van der Waals surface area contributed by atoms with Crippen molar-refractivity contribution in [2.75, 3.05) is 7.05 Å². The summed E-state index contributed by atoms with van der Waals surface area (Å²) in [6, 6.07) is 0.414. The van der Waals surface area contributed by atoms with E-state index >= 15 is 0 Å². The van der Waals surface area contributed by atoms with E-state index in [-0.39, 0.29) is 10.8 Å². The van der Waals surface area contributed by atoms with Crippen molar-refractivity contribution in [1.29, 1.82) is 0 Å². The molecular formula is C10H17NO2Se. The van der Waals surface area contributed by atoms with E-state index < -0.39 is 14.2 Å². The van der Waals surface area contributed by atoms with Crippen LogP contribution < -0.4 is 4.19 Å². The number of fused-ring (bicyclic) bond motifs is 2.